The van der Waals surface area contributed by atoms with Crippen LogP contribution in [0.15, 0.2) is 85.1 Å². The van der Waals surface area contributed by atoms with Crippen molar-refractivity contribution in [3.8, 4) is 28.0 Å². The molecule has 5 aromatic rings. The molecule has 1 amide bonds. The molecule has 4 aromatic carbocycles. The number of methoxy groups -OCH3 is 1. The highest BCUT2D eigenvalue weighted by Gasteiger charge is 2.20. The van der Waals surface area contributed by atoms with Crippen LogP contribution < -0.4 is 15.4 Å². The van der Waals surface area contributed by atoms with Crippen LogP contribution in [0, 0.1) is 0 Å². The first-order valence-corrected chi connectivity index (χ1v) is 17.1. The quantitative estimate of drug-likeness (QED) is 0.112. The van der Waals surface area contributed by atoms with Crippen LogP contribution in [0.2, 0.25) is 10.0 Å². The highest BCUT2D eigenvalue weighted by Crippen LogP contribution is 2.40. The van der Waals surface area contributed by atoms with E-state index in [0.29, 0.717) is 35.3 Å². The van der Waals surface area contributed by atoms with Crippen LogP contribution in [0.5, 0.6) is 5.75 Å². The smallest absolute Gasteiger partial charge is 0.220 e. The summed E-state index contributed by atoms with van der Waals surface area (Å²) in [4.78, 5) is 24.6. The second-order valence-electron chi connectivity index (χ2n) is 12.5. The lowest BCUT2D eigenvalue weighted by Gasteiger charge is -2.23. The van der Waals surface area contributed by atoms with E-state index >= 15 is 0 Å². The van der Waals surface area contributed by atoms with Gasteiger partial charge in [0.1, 0.15) is 12.0 Å². The molecule has 1 aliphatic heterocycles. The molecule has 1 aliphatic rings. The number of carbonyl (C=O) groups excluding carboxylic acids is 2. The number of carbonyl (C=O) groups is 2. The predicted octanol–water partition coefficient (Wildman–Crippen LogP) is 6.70. The zero-order valence-corrected chi connectivity index (χ0v) is 29.1. The fourth-order valence-corrected chi connectivity index (χ4v) is 7.09. The fraction of sp³-hybridized carbons (Fsp3) is 0.282. The Labute approximate surface area is 296 Å². The van der Waals surface area contributed by atoms with Crippen LogP contribution in [-0.2, 0) is 29.2 Å². The Morgan fingerprint density at radius 2 is 1.80 bits per heavy atom. The van der Waals surface area contributed by atoms with Crippen molar-refractivity contribution < 1.29 is 19.4 Å². The normalized spacial score (nSPS) is 15.1. The summed E-state index contributed by atoms with van der Waals surface area (Å²) in [5.74, 6) is 0.797. The van der Waals surface area contributed by atoms with Crippen molar-refractivity contribution in [3.05, 3.63) is 112 Å². The molecule has 2 atom stereocenters. The molecular weight excluding hydrogens is 659 g/mol. The molecule has 0 radical (unpaired) electrons. The van der Waals surface area contributed by atoms with Crippen LogP contribution in [0.3, 0.4) is 0 Å². The lowest BCUT2D eigenvalue weighted by atomic mass is 9.96. The third-order valence-electron chi connectivity index (χ3n) is 9.29. The number of nitrogens with zero attached hydrogens (tertiary/aromatic N) is 2. The van der Waals surface area contributed by atoms with Crippen LogP contribution in [0.25, 0.3) is 33.2 Å². The van der Waals surface area contributed by atoms with E-state index in [1.54, 1.807) is 19.1 Å². The topological polar surface area (TPSA) is 95.8 Å². The predicted molar refractivity (Wildman–Crippen MR) is 196 cm³/mol. The van der Waals surface area contributed by atoms with E-state index in [0.717, 1.165) is 70.1 Å². The number of aliphatic hydroxyl groups is 1. The fourth-order valence-electron chi connectivity index (χ4n) is 6.51. The average molecular weight is 700 g/mol. The molecule has 2 heterocycles. The minimum absolute atomic E-state index is 0.132. The molecule has 49 heavy (non-hydrogen) atoms. The Morgan fingerprint density at radius 1 is 1.04 bits per heavy atom. The van der Waals surface area contributed by atoms with Gasteiger partial charge in [-0.15, -0.1) is 0 Å². The molecule has 8 nitrogen and oxygen atoms in total. The first-order chi connectivity index (χ1) is 23.8. The Kier molecular flexibility index (Phi) is 11.0. The van der Waals surface area contributed by atoms with Gasteiger partial charge in [-0.25, -0.2) is 0 Å². The number of ether oxygens (including phenoxy) is 1. The Morgan fingerprint density at radius 3 is 2.51 bits per heavy atom. The van der Waals surface area contributed by atoms with Crippen molar-refractivity contribution in [3.63, 3.8) is 0 Å². The third-order valence-corrected chi connectivity index (χ3v) is 10.1. The Bertz CT molecular complexity index is 1960. The number of aliphatic hydroxyl groups excluding tert-OH is 1. The molecule has 254 valence electrons. The van der Waals surface area contributed by atoms with E-state index < -0.39 is 6.04 Å². The molecule has 6 rings (SSSR count). The number of likely N-dealkylation sites (N-methyl/N-ethyl adjacent to an activating group) is 1. The van der Waals surface area contributed by atoms with Crippen LogP contribution in [0.4, 0.5) is 0 Å². The van der Waals surface area contributed by atoms with E-state index in [2.05, 4.69) is 69.9 Å². The number of nitrogens with one attached hydrogen (secondary N) is 2. The number of rotatable bonds is 14. The molecule has 0 aliphatic carbocycles. The number of benzene rings is 4. The lowest BCUT2D eigenvalue weighted by molar-refractivity contribution is -0.119. The second-order valence-corrected chi connectivity index (χ2v) is 13.3. The zero-order chi connectivity index (χ0) is 34.5. The van der Waals surface area contributed by atoms with Gasteiger partial charge in [-0.1, -0.05) is 77.8 Å². The van der Waals surface area contributed by atoms with E-state index in [1.165, 1.54) is 5.56 Å². The van der Waals surface area contributed by atoms with Crippen molar-refractivity contribution in [1.82, 2.24) is 20.1 Å². The van der Waals surface area contributed by atoms with Gasteiger partial charge in [0.2, 0.25) is 5.91 Å². The summed E-state index contributed by atoms with van der Waals surface area (Å²) in [6, 6.07) is 26.3. The van der Waals surface area contributed by atoms with Crippen LogP contribution >= 0.6 is 23.2 Å². The highest BCUT2D eigenvalue weighted by molar-refractivity contribution is 6.36. The van der Waals surface area contributed by atoms with Crippen molar-refractivity contribution in [2.24, 2.45) is 0 Å². The summed E-state index contributed by atoms with van der Waals surface area (Å²) in [5.41, 5.74) is 7.94. The summed E-state index contributed by atoms with van der Waals surface area (Å²) in [5, 5.41) is 18.3. The summed E-state index contributed by atoms with van der Waals surface area (Å²) in [6.07, 6.45) is 4.28. The molecule has 1 aromatic heterocycles. The third kappa shape index (κ3) is 7.69. The molecule has 0 spiro atoms. The summed E-state index contributed by atoms with van der Waals surface area (Å²) in [7, 11) is 3.39. The highest BCUT2D eigenvalue weighted by atomic mass is 35.5. The maximum absolute atomic E-state index is 11.5. The molecule has 1 saturated heterocycles. The maximum Gasteiger partial charge on any atom is 0.220 e. The largest absolute Gasteiger partial charge is 0.496 e. The molecule has 0 bridgehead atoms. The Hall–Kier alpha value is -4.18. The van der Waals surface area contributed by atoms with E-state index in [1.807, 2.05) is 30.3 Å². The van der Waals surface area contributed by atoms with Crippen molar-refractivity contribution in [1.29, 1.82) is 0 Å². The standard InChI is InChI=1S/C39H40Cl2N4O4/c1-44(30(23-46)24-47)21-28-17-35(40)27(18-37(28)49-2)22-45-16-15-33-32(6-4-8-36(33)45)34-7-3-5-31(39(34)41)26-11-9-25(10-12-26)19-42-20-29-13-14-38(48)43-29/h3-12,15-18,23,29-30,42,47H,13-14,19-22,24H2,1-2H3,(H,43,48). The van der Waals surface area contributed by atoms with Crippen molar-refractivity contribution in [2.45, 2.75) is 44.6 Å². The zero-order valence-electron chi connectivity index (χ0n) is 27.6. The molecule has 0 saturated carbocycles. The monoisotopic (exact) mass is 698 g/mol. The minimum Gasteiger partial charge on any atom is -0.496 e. The molecule has 3 N–H and O–H groups in total. The number of hydrogen-bond acceptors (Lipinski definition) is 6. The molecule has 10 heteroatoms. The van der Waals surface area contributed by atoms with Crippen LogP contribution in [0.1, 0.15) is 29.5 Å². The van der Waals surface area contributed by atoms with Gasteiger partial charge in [0.15, 0.2) is 0 Å². The summed E-state index contributed by atoms with van der Waals surface area (Å²) in [6.45, 7) is 2.14. The molecule has 1 fully saturated rings. The van der Waals surface area contributed by atoms with Gasteiger partial charge in [-0.05, 0) is 60.0 Å². The van der Waals surface area contributed by atoms with Crippen molar-refractivity contribution in [2.75, 3.05) is 27.3 Å². The van der Waals surface area contributed by atoms with Gasteiger partial charge >= 0.3 is 0 Å². The number of aromatic nitrogens is 1. The van der Waals surface area contributed by atoms with Gasteiger partial charge in [0.25, 0.3) is 0 Å². The van der Waals surface area contributed by atoms with E-state index in [-0.39, 0.29) is 18.6 Å². The van der Waals surface area contributed by atoms with Gasteiger partial charge in [-0.3, -0.25) is 9.69 Å². The summed E-state index contributed by atoms with van der Waals surface area (Å²) >= 11 is 14.0. The van der Waals surface area contributed by atoms with Gasteiger partial charge < -0.3 is 29.8 Å². The van der Waals surface area contributed by atoms with E-state index in [4.69, 9.17) is 27.9 Å². The van der Waals surface area contributed by atoms with Crippen LogP contribution in [-0.4, -0.2) is 66.2 Å². The first kappa shape index (κ1) is 34.7. The van der Waals surface area contributed by atoms with Gasteiger partial charge in [-0.2, -0.15) is 0 Å². The maximum atomic E-state index is 11.5. The Balaban J connectivity index is 1.21. The van der Waals surface area contributed by atoms with Gasteiger partial charge in [0, 0.05) is 77.5 Å². The molecule has 2 unspecified atom stereocenters. The summed E-state index contributed by atoms with van der Waals surface area (Å²) < 4.78 is 7.86. The molecular formula is C39H40Cl2N4O4. The van der Waals surface area contributed by atoms with Gasteiger partial charge in [0.05, 0.1) is 24.8 Å². The SMILES string of the molecule is COc1cc(Cn2ccc3c(-c4cccc(-c5ccc(CNCC6CCC(=O)N6)cc5)c4Cl)cccc32)c(Cl)cc1CN(C)C(C=O)CO. The van der Waals surface area contributed by atoms with E-state index in [9.17, 15) is 14.7 Å². The lowest BCUT2D eigenvalue weighted by Crippen LogP contribution is -2.35. The number of halogens is 2. The minimum atomic E-state index is -0.606. The van der Waals surface area contributed by atoms with Crippen molar-refractivity contribution >= 4 is 46.3 Å². The number of hydrogen-bond donors (Lipinski definition) is 3. The number of aldehydes is 1. The number of amides is 1. The second kappa shape index (κ2) is 15.6. The number of fused-ring (bicyclic) bond motifs is 1. The first-order valence-electron chi connectivity index (χ1n) is 16.4. The average Bonchev–Trinajstić information content (AvgIpc) is 3.72.